The Labute approximate surface area is 102 Å². The number of aliphatic hydroxyl groups excluding tert-OH is 1. The highest BCUT2D eigenvalue weighted by atomic mass is 19.4. The van der Waals surface area contributed by atoms with Crippen molar-refractivity contribution in [2.45, 2.75) is 18.5 Å². The fourth-order valence-electron chi connectivity index (χ4n) is 1.28. The van der Waals surface area contributed by atoms with Crippen LogP contribution in [-0.4, -0.2) is 16.2 Å². The molecule has 0 heterocycles. The van der Waals surface area contributed by atoms with Gasteiger partial charge in [-0.2, -0.15) is 26.3 Å². The van der Waals surface area contributed by atoms with E-state index in [2.05, 4.69) is 0 Å². The van der Waals surface area contributed by atoms with E-state index in [4.69, 9.17) is 10.2 Å². The molecule has 106 valence electrons. The maximum atomic E-state index is 12.4. The highest BCUT2D eigenvalue weighted by molar-refractivity contribution is 5.74. The van der Waals surface area contributed by atoms with Crippen molar-refractivity contribution in [1.29, 1.82) is 0 Å². The minimum absolute atomic E-state index is 0.155. The molecule has 0 bridgehead atoms. The molecular weight excluding hydrogens is 282 g/mol. The summed E-state index contributed by atoms with van der Waals surface area (Å²) in [6, 6.07) is 0.167. The number of alkyl halides is 6. The number of rotatable bonds is 2. The van der Waals surface area contributed by atoms with E-state index in [0.717, 1.165) is 0 Å². The zero-order valence-electron chi connectivity index (χ0n) is 8.88. The summed E-state index contributed by atoms with van der Waals surface area (Å²) < 4.78 is 74.4. The first-order valence-electron chi connectivity index (χ1n) is 4.63. The lowest BCUT2D eigenvalue weighted by molar-refractivity contribution is -0.148. The van der Waals surface area contributed by atoms with Crippen LogP contribution in [0.25, 0.3) is 0 Å². The first-order chi connectivity index (χ1) is 8.43. The number of carbonyl (C=O) groups is 1. The molecule has 0 saturated carbocycles. The highest BCUT2D eigenvalue weighted by Gasteiger charge is 2.37. The average molecular weight is 288 g/mol. The molecule has 1 unspecified atom stereocenters. The van der Waals surface area contributed by atoms with Crippen molar-refractivity contribution >= 4 is 5.97 Å². The van der Waals surface area contributed by atoms with Crippen molar-refractivity contribution in [1.82, 2.24) is 0 Å². The van der Waals surface area contributed by atoms with Crippen LogP contribution >= 0.6 is 0 Å². The molecule has 0 saturated heterocycles. The molecular formula is C10H6F6O3. The molecule has 0 radical (unpaired) electrons. The number of hydrogen-bond donors (Lipinski definition) is 2. The monoisotopic (exact) mass is 288 g/mol. The number of carboxylic acid groups (broad SMARTS) is 1. The van der Waals surface area contributed by atoms with Crippen molar-refractivity contribution in [3.8, 4) is 0 Å². The molecule has 0 aromatic heterocycles. The second-order valence-electron chi connectivity index (χ2n) is 3.58. The van der Waals surface area contributed by atoms with Gasteiger partial charge < -0.3 is 10.2 Å². The molecule has 1 aromatic carbocycles. The Bertz CT molecular complexity index is 459. The van der Waals surface area contributed by atoms with Gasteiger partial charge >= 0.3 is 18.3 Å². The Hall–Kier alpha value is -1.77. The van der Waals surface area contributed by atoms with Crippen LogP contribution in [0, 0.1) is 0 Å². The van der Waals surface area contributed by atoms with E-state index >= 15 is 0 Å². The van der Waals surface area contributed by atoms with Gasteiger partial charge in [0.25, 0.3) is 0 Å². The van der Waals surface area contributed by atoms with Crippen molar-refractivity contribution in [2.75, 3.05) is 0 Å². The molecule has 0 amide bonds. The molecule has 0 aliphatic carbocycles. The second kappa shape index (κ2) is 4.72. The van der Waals surface area contributed by atoms with Gasteiger partial charge in [0.1, 0.15) is 0 Å². The lowest BCUT2D eigenvalue weighted by Crippen LogP contribution is -2.16. The minimum atomic E-state index is -5.09. The van der Waals surface area contributed by atoms with Crippen LogP contribution in [-0.2, 0) is 17.1 Å². The first-order valence-corrected chi connectivity index (χ1v) is 4.63. The molecule has 1 rings (SSSR count). The highest BCUT2D eigenvalue weighted by Crippen LogP contribution is 2.37. The summed E-state index contributed by atoms with van der Waals surface area (Å²) in [6.45, 7) is 0. The smallest absolute Gasteiger partial charge is 0.416 e. The van der Waals surface area contributed by atoms with Crippen molar-refractivity contribution in [2.24, 2.45) is 0 Å². The molecule has 1 atom stereocenters. The Morgan fingerprint density at radius 1 is 0.947 bits per heavy atom. The molecule has 19 heavy (non-hydrogen) atoms. The van der Waals surface area contributed by atoms with Gasteiger partial charge in [-0.3, -0.25) is 0 Å². The van der Waals surface area contributed by atoms with Crippen LogP contribution in [0.15, 0.2) is 18.2 Å². The quantitative estimate of drug-likeness (QED) is 0.823. The second-order valence-corrected chi connectivity index (χ2v) is 3.58. The van der Waals surface area contributed by atoms with Gasteiger partial charge in [-0.15, -0.1) is 0 Å². The fraction of sp³-hybridized carbons (Fsp3) is 0.300. The van der Waals surface area contributed by atoms with Gasteiger partial charge in [0.05, 0.1) is 11.1 Å². The Morgan fingerprint density at radius 2 is 1.32 bits per heavy atom. The number of carboxylic acids is 1. The molecule has 1 aromatic rings. The Balaban J connectivity index is 3.45. The Kier molecular flexibility index (Phi) is 3.80. The first kappa shape index (κ1) is 15.3. The maximum Gasteiger partial charge on any atom is 0.416 e. The zero-order chi connectivity index (χ0) is 15.0. The number of aliphatic hydroxyl groups is 1. The number of hydrogen-bond acceptors (Lipinski definition) is 2. The summed E-state index contributed by atoms with van der Waals surface area (Å²) in [4.78, 5) is 10.4. The molecule has 0 fully saturated rings. The zero-order valence-corrected chi connectivity index (χ0v) is 8.88. The van der Waals surface area contributed by atoms with Crippen LogP contribution in [0.5, 0.6) is 0 Å². The molecule has 3 nitrogen and oxygen atoms in total. The van der Waals surface area contributed by atoms with E-state index in [1.165, 1.54) is 0 Å². The van der Waals surface area contributed by atoms with E-state index in [9.17, 15) is 31.1 Å². The van der Waals surface area contributed by atoms with E-state index in [-0.39, 0.29) is 18.2 Å². The summed E-state index contributed by atoms with van der Waals surface area (Å²) >= 11 is 0. The lowest BCUT2D eigenvalue weighted by Gasteiger charge is -2.15. The minimum Gasteiger partial charge on any atom is -0.479 e. The third kappa shape index (κ3) is 3.60. The van der Waals surface area contributed by atoms with E-state index in [1.807, 2.05) is 0 Å². The third-order valence-corrected chi connectivity index (χ3v) is 2.16. The average Bonchev–Trinajstić information content (AvgIpc) is 2.24. The van der Waals surface area contributed by atoms with Crippen LogP contribution < -0.4 is 0 Å². The largest absolute Gasteiger partial charge is 0.479 e. The summed E-state index contributed by atoms with van der Waals surface area (Å²) in [5.74, 6) is -1.95. The van der Waals surface area contributed by atoms with E-state index < -0.39 is 41.1 Å². The van der Waals surface area contributed by atoms with Crippen LogP contribution in [0.4, 0.5) is 26.3 Å². The SMILES string of the molecule is O=C(O)C(O)c1cc(C(F)(F)F)cc(C(F)(F)F)c1. The van der Waals surface area contributed by atoms with Gasteiger partial charge in [-0.1, -0.05) is 0 Å². The van der Waals surface area contributed by atoms with Crippen molar-refractivity contribution in [3.05, 3.63) is 34.9 Å². The number of aliphatic carboxylic acids is 1. The van der Waals surface area contributed by atoms with Gasteiger partial charge in [0.15, 0.2) is 6.10 Å². The predicted octanol–water partition coefficient (Wildman–Crippen LogP) is 2.84. The normalized spacial score (nSPS) is 14.3. The molecule has 0 aliphatic rings. The van der Waals surface area contributed by atoms with Crippen LogP contribution in [0.3, 0.4) is 0 Å². The summed E-state index contributed by atoms with van der Waals surface area (Å²) in [7, 11) is 0. The number of halogens is 6. The fourth-order valence-corrected chi connectivity index (χ4v) is 1.28. The van der Waals surface area contributed by atoms with Gasteiger partial charge in [-0.05, 0) is 23.8 Å². The molecule has 0 aliphatic heterocycles. The lowest BCUT2D eigenvalue weighted by atomic mass is 10.0. The summed E-state index contributed by atoms with van der Waals surface area (Å²) in [5.41, 5.74) is -4.36. The van der Waals surface area contributed by atoms with Gasteiger partial charge in [0.2, 0.25) is 0 Å². The van der Waals surface area contributed by atoms with E-state index in [1.54, 1.807) is 0 Å². The molecule has 9 heteroatoms. The van der Waals surface area contributed by atoms with Gasteiger partial charge in [0, 0.05) is 0 Å². The van der Waals surface area contributed by atoms with E-state index in [0.29, 0.717) is 0 Å². The summed E-state index contributed by atoms with van der Waals surface area (Å²) in [6.07, 6.45) is -12.6. The maximum absolute atomic E-state index is 12.4. The summed E-state index contributed by atoms with van der Waals surface area (Å²) in [5, 5.41) is 17.5. The van der Waals surface area contributed by atoms with Crippen molar-refractivity contribution < 1.29 is 41.4 Å². The molecule has 0 spiro atoms. The van der Waals surface area contributed by atoms with Crippen LogP contribution in [0.1, 0.15) is 22.8 Å². The van der Waals surface area contributed by atoms with Crippen molar-refractivity contribution in [3.63, 3.8) is 0 Å². The third-order valence-electron chi connectivity index (χ3n) is 2.16. The van der Waals surface area contributed by atoms with Gasteiger partial charge in [-0.25, -0.2) is 4.79 Å². The molecule has 2 N–H and O–H groups in total. The standard InChI is InChI=1S/C10H6F6O3/c11-9(12,13)5-1-4(7(17)8(18)19)2-6(3-5)10(14,15)16/h1-3,7,17H,(H,18,19). The van der Waals surface area contributed by atoms with Crippen LogP contribution in [0.2, 0.25) is 0 Å². The Morgan fingerprint density at radius 3 is 1.58 bits per heavy atom. The number of benzene rings is 1. The topological polar surface area (TPSA) is 57.5 Å². The predicted molar refractivity (Wildman–Crippen MR) is 49.0 cm³/mol.